The number of hydrogen-bond donors (Lipinski definition) is 4. The van der Waals surface area contributed by atoms with E-state index >= 15 is 0 Å². The number of nitrogens with zero attached hydrogens (tertiary/aromatic N) is 1. The largest absolute Gasteiger partial charge is 0.482 e. The molecule has 0 heterocycles. The van der Waals surface area contributed by atoms with Crippen molar-refractivity contribution in [2.24, 2.45) is 22.2 Å². The number of primary amides is 1. The summed E-state index contributed by atoms with van der Waals surface area (Å²) >= 11 is 11.7. The Hall–Kier alpha value is -2.19. The third-order valence-corrected chi connectivity index (χ3v) is 3.41. The van der Waals surface area contributed by atoms with Crippen molar-refractivity contribution in [2.75, 3.05) is 13.2 Å². The lowest BCUT2D eigenvalue weighted by atomic mass is 10.1. The summed E-state index contributed by atoms with van der Waals surface area (Å²) in [5.74, 6) is -0.897. The van der Waals surface area contributed by atoms with E-state index in [0.29, 0.717) is 30.2 Å². The molecule has 0 aliphatic carbocycles. The number of ether oxygens (including phenoxy) is 1. The summed E-state index contributed by atoms with van der Waals surface area (Å²) in [6.07, 6.45) is 0.787. The number of carbonyl (C=O) groups excluding carboxylic acids is 2. The molecule has 0 saturated heterocycles. The van der Waals surface area contributed by atoms with Crippen molar-refractivity contribution in [1.82, 2.24) is 5.32 Å². The molecule has 1 aromatic rings. The minimum absolute atomic E-state index is 0.0390. The third-order valence-electron chi connectivity index (χ3n) is 2.88. The van der Waals surface area contributed by atoms with E-state index in [1.165, 1.54) is 6.07 Å². The van der Waals surface area contributed by atoms with E-state index in [9.17, 15) is 9.59 Å². The number of rotatable bonds is 9. The van der Waals surface area contributed by atoms with Gasteiger partial charge in [0.05, 0.1) is 5.02 Å². The summed E-state index contributed by atoms with van der Waals surface area (Å²) in [6.45, 7) is 0.0118. The van der Waals surface area contributed by atoms with Crippen molar-refractivity contribution in [3.8, 4) is 5.75 Å². The molecule has 0 aliphatic rings. The molecule has 1 aromatic carbocycles. The van der Waals surface area contributed by atoms with Crippen LogP contribution in [0, 0.1) is 0 Å². The number of halogens is 2. The van der Waals surface area contributed by atoms with Crippen LogP contribution in [0.1, 0.15) is 12.8 Å². The molecular weight excluding hydrogens is 357 g/mol. The zero-order chi connectivity index (χ0) is 18.1. The highest BCUT2D eigenvalue weighted by Crippen LogP contribution is 2.27. The van der Waals surface area contributed by atoms with Gasteiger partial charge >= 0.3 is 0 Å². The standard InChI is InChI=1S/C14H19Cl2N5O3/c15-8-3-4-11(9(16)6-8)24-7-12(22)21-10(13(17)23)2-1-5-20-14(18)19/h3-4,6,10H,1-2,5,7H2,(H2,17,23)(H,21,22)(H4,18,19,20)/t10-/m0/s1. The van der Waals surface area contributed by atoms with Gasteiger partial charge in [-0.15, -0.1) is 0 Å². The van der Waals surface area contributed by atoms with Gasteiger partial charge < -0.3 is 27.3 Å². The van der Waals surface area contributed by atoms with Gasteiger partial charge in [0, 0.05) is 11.6 Å². The number of hydrogen-bond acceptors (Lipinski definition) is 4. The van der Waals surface area contributed by atoms with Crippen molar-refractivity contribution in [3.63, 3.8) is 0 Å². The van der Waals surface area contributed by atoms with Gasteiger partial charge in [0.2, 0.25) is 5.91 Å². The monoisotopic (exact) mass is 375 g/mol. The maximum atomic E-state index is 11.9. The normalized spacial score (nSPS) is 11.4. The topological polar surface area (TPSA) is 146 Å². The van der Waals surface area contributed by atoms with Crippen LogP contribution < -0.4 is 27.3 Å². The maximum absolute atomic E-state index is 11.9. The molecule has 132 valence electrons. The van der Waals surface area contributed by atoms with Gasteiger partial charge in [0.25, 0.3) is 5.91 Å². The number of nitrogens with two attached hydrogens (primary N) is 3. The molecule has 0 bridgehead atoms. The molecule has 7 N–H and O–H groups in total. The molecule has 0 spiro atoms. The van der Waals surface area contributed by atoms with Crippen molar-refractivity contribution < 1.29 is 14.3 Å². The van der Waals surface area contributed by atoms with Crippen LogP contribution >= 0.6 is 23.2 Å². The molecular formula is C14H19Cl2N5O3. The van der Waals surface area contributed by atoms with Crippen LogP contribution in [0.2, 0.25) is 10.0 Å². The Morgan fingerprint density at radius 1 is 1.25 bits per heavy atom. The first-order valence-electron chi connectivity index (χ1n) is 7.01. The van der Waals surface area contributed by atoms with Crippen LogP contribution in [0.4, 0.5) is 0 Å². The van der Waals surface area contributed by atoms with Gasteiger partial charge in [-0.25, -0.2) is 0 Å². The third kappa shape index (κ3) is 7.38. The first-order valence-corrected chi connectivity index (χ1v) is 7.77. The lowest BCUT2D eigenvalue weighted by molar-refractivity contribution is -0.128. The fourth-order valence-corrected chi connectivity index (χ4v) is 2.22. The van der Waals surface area contributed by atoms with Gasteiger partial charge in [0.1, 0.15) is 11.8 Å². The summed E-state index contributed by atoms with van der Waals surface area (Å²) in [5.41, 5.74) is 15.7. The number of aliphatic imine (C=N–C) groups is 1. The summed E-state index contributed by atoms with van der Waals surface area (Å²) in [4.78, 5) is 27.0. The number of nitrogens with one attached hydrogen (secondary N) is 1. The highest BCUT2D eigenvalue weighted by atomic mass is 35.5. The van der Waals surface area contributed by atoms with E-state index in [1.807, 2.05) is 0 Å². The first kappa shape index (κ1) is 19.9. The minimum atomic E-state index is -0.837. The SMILES string of the molecule is NC(=O)[C@H](CCCN=C(N)N)NC(=O)COc1ccc(Cl)cc1Cl. The van der Waals surface area contributed by atoms with Gasteiger partial charge in [-0.1, -0.05) is 23.2 Å². The predicted molar refractivity (Wildman–Crippen MR) is 93.0 cm³/mol. The second-order valence-corrected chi connectivity index (χ2v) is 5.68. The molecule has 0 aliphatic heterocycles. The zero-order valence-electron chi connectivity index (χ0n) is 12.8. The van der Waals surface area contributed by atoms with Gasteiger partial charge in [-0.05, 0) is 31.0 Å². The number of guanidine groups is 1. The molecule has 0 fully saturated rings. The number of carbonyl (C=O) groups is 2. The molecule has 0 radical (unpaired) electrons. The van der Waals surface area contributed by atoms with Crippen LogP contribution in [-0.2, 0) is 9.59 Å². The summed E-state index contributed by atoms with van der Waals surface area (Å²) in [7, 11) is 0. The molecule has 1 rings (SSSR count). The summed E-state index contributed by atoms with van der Waals surface area (Å²) in [6, 6.07) is 3.78. The Morgan fingerprint density at radius 3 is 2.54 bits per heavy atom. The smallest absolute Gasteiger partial charge is 0.258 e. The second kappa shape index (κ2) is 9.84. The quantitative estimate of drug-likeness (QED) is 0.280. The lowest BCUT2D eigenvalue weighted by Crippen LogP contribution is -2.46. The Labute approximate surface area is 149 Å². The van der Waals surface area contributed by atoms with Crippen LogP contribution in [0.25, 0.3) is 0 Å². The number of amides is 2. The maximum Gasteiger partial charge on any atom is 0.258 e. The molecule has 24 heavy (non-hydrogen) atoms. The van der Waals surface area contributed by atoms with Crippen molar-refractivity contribution in [1.29, 1.82) is 0 Å². The Kier molecular flexibility index (Phi) is 8.14. The molecule has 0 unspecified atom stereocenters. The minimum Gasteiger partial charge on any atom is -0.482 e. The molecule has 2 amide bonds. The predicted octanol–water partition coefficient (Wildman–Crippen LogP) is 0.396. The van der Waals surface area contributed by atoms with Crippen LogP contribution in [-0.4, -0.2) is 37.0 Å². The lowest BCUT2D eigenvalue weighted by Gasteiger charge is -2.15. The van der Waals surface area contributed by atoms with Gasteiger partial charge in [-0.3, -0.25) is 14.6 Å². The van der Waals surface area contributed by atoms with Gasteiger partial charge in [0.15, 0.2) is 12.6 Å². The average molecular weight is 376 g/mol. The average Bonchev–Trinajstić information content (AvgIpc) is 2.49. The van der Waals surface area contributed by atoms with E-state index in [1.54, 1.807) is 12.1 Å². The van der Waals surface area contributed by atoms with Crippen LogP contribution in [0.3, 0.4) is 0 Å². The second-order valence-electron chi connectivity index (χ2n) is 4.83. The molecule has 10 heteroatoms. The van der Waals surface area contributed by atoms with E-state index in [-0.39, 0.29) is 17.6 Å². The fraction of sp³-hybridized carbons (Fsp3) is 0.357. The van der Waals surface area contributed by atoms with Crippen LogP contribution in [0.5, 0.6) is 5.75 Å². The van der Waals surface area contributed by atoms with Crippen molar-refractivity contribution in [2.45, 2.75) is 18.9 Å². The highest BCUT2D eigenvalue weighted by Gasteiger charge is 2.18. The zero-order valence-corrected chi connectivity index (χ0v) is 14.3. The van der Waals surface area contributed by atoms with E-state index in [0.717, 1.165) is 0 Å². The Bertz CT molecular complexity index is 620. The molecule has 0 saturated carbocycles. The van der Waals surface area contributed by atoms with E-state index < -0.39 is 17.9 Å². The van der Waals surface area contributed by atoms with Crippen molar-refractivity contribution >= 4 is 41.0 Å². The van der Waals surface area contributed by atoms with Crippen molar-refractivity contribution in [3.05, 3.63) is 28.2 Å². The molecule has 1 atom stereocenters. The highest BCUT2D eigenvalue weighted by molar-refractivity contribution is 6.35. The van der Waals surface area contributed by atoms with E-state index in [2.05, 4.69) is 10.3 Å². The first-order chi connectivity index (χ1) is 11.3. The van der Waals surface area contributed by atoms with Gasteiger partial charge in [-0.2, -0.15) is 0 Å². The van der Waals surface area contributed by atoms with E-state index in [4.69, 9.17) is 45.1 Å². The fourth-order valence-electron chi connectivity index (χ4n) is 1.76. The Morgan fingerprint density at radius 2 is 1.96 bits per heavy atom. The molecule has 8 nitrogen and oxygen atoms in total. The molecule has 0 aromatic heterocycles. The summed E-state index contributed by atoms with van der Waals surface area (Å²) in [5, 5.41) is 3.21. The Balaban J connectivity index is 2.47. The summed E-state index contributed by atoms with van der Waals surface area (Å²) < 4.78 is 5.28. The van der Waals surface area contributed by atoms with Crippen LogP contribution in [0.15, 0.2) is 23.2 Å². The number of benzene rings is 1.